The van der Waals surface area contributed by atoms with Crippen molar-refractivity contribution < 1.29 is 8.42 Å². The number of nitrogens with zero attached hydrogens (tertiary/aromatic N) is 1. The molecule has 242 valence electrons. The molecule has 0 bridgehead atoms. The summed E-state index contributed by atoms with van der Waals surface area (Å²) in [6.45, 7) is 15.7. The maximum atomic E-state index is 13.5. The van der Waals surface area contributed by atoms with E-state index in [4.69, 9.17) is 0 Å². The molecule has 0 unspecified atom stereocenters. The molecule has 1 aromatic carbocycles. The average molecular weight is 650 g/mol. The van der Waals surface area contributed by atoms with Crippen LogP contribution in [0.1, 0.15) is 103 Å². The Morgan fingerprint density at radius 1 is 0.591 bits per heavy atom. The Labute approximate surface area is 274 Å². The third kappa shape index (κ3) is 18.6. The first kappa shape index (κ1) is 39.8. The Balaban J connectivity index is 2.85. The monoisotopic (exact) mass is 649 g/mol. The van der Waals surface area contributed by atoms with E-state index in [1.807, 2.05) is 19.1 Å². The first-order valence-corrected chi connectivity index (χ1v) is 24.9. The van der Waals surface area contributed by atoms with E-state index in [-0.39, 0.29) is 18.0 Å². The molecule has 0 N–H and O–H groups in total. The average Bonchev–Trinajstić information content (AvgIpc) is 2.97. The van der Waals surface area contributed by atoms with Crippen LogP contribution in [0.3, 0.4) is 0 Å². The maximum absolute atomic E-state index is 13.5. The summed E-state index contributed by atoms with van der Waals surface area (Å²) in [6, 6.07) is 9.27. The number of aryl methyl sites for hydroxylation is 1. The summed E-state index contributed by atoms with van der Waals surface area (Å²) in [6.07, 6.45) is 16.9. The van der Waals surface area contributed by atoms with E-state index in [0.717, 1.165) is 5.56 Å². The summed E-state index contributed by atoms with van der Waals surface area (Å²) in [5.74, 6) is 17.9. The van der Waals surface area contributed by atoms with Crippen LogP contribution in [0, 0.1) is 53.5 Å². The third-order valence-electron chi connectivity index (χ3n) is 7.83. The van der Waals surface area contributed by atoms with Crippen LogP contribution < -0.4 is 0 Å². The molecule has 6 heteroatoms. The molecule has 0 heterocycles. The smallest absolute Gasteiger partial charge is 0.207 e. The fourth-order valence-electron chi connectivity index (χ4n) is 4.83. The lowest BCUT2D eigenvalue weighted by atomic mass is 10.1. The lowest BCUT2D eigenvalue weighted by molar-refractivity contribution is 0.482. The summed E-state index contributed by atoms with van der Waals surface area (Å²) >= 11 is 0. The molecule has 44 heavy (non-hydrogen) atoms. The fraction of sp³-hybridized carbons (Fsp3) is 0.632. The molecule has 0 saturated heterocycles. The highest BCUT2D eigenvalue weighted by atomic mass is 32.2. The summed E-state index contributed by atoms with van der Waals surface area (Å²) < 4.78 is 28.3. The molecule has 0 aliphatic carbocycles. The predicted octanol–water partition coefficient (Wildman–Crippen LogP) is 9.61. The first-order chi connectivity index (χ1) is 20.9. The van der Waals surface area contributed by atoms with Gasteiger partial charge in [0.1, 0.15) is 16.1 Å². The van der Waals surface area contributed by atoms with Crippen LogP contribution >= 0.6 is 0 Å². The number of hydrogen-bond acceptors (Lipinski definition) is 2. The van der Waals surface area contributed by atoms with Crippen molar-refractivity contribution in [2.24, 2.45) is 0 Å². The molecule has 0 saturated carbocycles. The van der Waals surface area contributed by atoms with Gasteiger partial charge in [0.15, 0.2) is 0 Å². The number of sulfonamides is 1. The predicted molar refractivity (Wildman–Crippen MR) is 197 cm³/mol. The number of hydrogen-bond donors (Lipinski definition) is 0. The van der Waals surface area contributed by atoms with Crippen molar-refractivity contribution in [1.29, 1.82) is 0 Å². The fourth-order valence-corrected chi connectivity index (χ4v) is 9.39. The van der Waals surface area contributed by atoms with Gasteiger partial charge >= 0.3 is 0 Å². The van der Waals surface area contributed by atoms with Crippen LogP contribution in [0.2, 0.25) is 38.3 Å². The Morgan fingerprint density at radius 3 is 1.39 bits per heavy atom. The Kier molecular flexibility index (Phi) is 20.2. The maximum Gasteiger partial charge on any atom is 0.244 e. The van der Waals surface area contributed by atoms with Crippen LogP contribution in [-0.4, -0.2) is 42.0 Å². The van der Waals surface area contributed by atoms with Gasteiger partial charge in [-0.2, -0.15) is 4.31 Å². The lowest BCUT2D eigenvalue weighted by Gasteiger charge is -2.17. The van der Waals surface area contributed by atoms with E-state index < -0.39 is 26.2 Å². The van der Waals surface area contributed by atoms with Crippen molar-refractivity contribution in [3.8, 4) is 46.6 Å². The van der Waals surface area contributed by atoms with Gasteiger partial charge in [0.2, 0.25) is 10.0 Å². The van der Waals surface area contributed by atoms with Gasteiger partial charge in [-0.1, -0.05) is 153 Å². The van der Waals surface area contributed by atoms with Crippen molar-refractivity contribution in [2.45, 2.75) is 147 Å². The van der Waals surface area contributed by atoms with Crippen molar-refractivity contribution in [2.75, 3.05) is 13.1 Å². The number of rotatable bonds is 19. The van der Waals surface area contributed by atoms with Crippen LogP contribution in [0.25, 0.3) is 0 Å². The van der Waals surface area contributed by atoms with Crippen molar-refractivity contribution in [1.82, 2.24) is 4.31 Å². The lowest BCUT2D eigenvalue weighted by Crippen LogP contribution is -2.32. The summed E-state index contributed by atoms with van der Waals surface area (Å²) in [5, 5.41) is 0. The zero-order chi connectivity index (χ0) is 32.7. The molecule has 0 aliphatic heterocycles. The molecule has 0 radical (unpaired) electrons. The van der Waals surface area contributed by atoms with Gasteiger partial charge in [0.25, 0.3) is 0 Å². The van der Waals surface area contributed by atoms with Gasteiger partial charge < -0.3 is 0 Å². The normalized spacial score (nSPS) is 11.4. The van der Waals surface area contributed by atoms with Gasteiger partial charge in [-0.15, -0.1) is 11.1 Å². The Morgan fingerprint density at radius 2 is 0.977 bits per heavy atom. The van der Waals surface area contributed by atoms with E-state index in [1.54, 1.807) is 12.1 Å². The minimum absolute atomic E-state index is 0.0465. The highest BCUT2D eigenvalue weighted by molar-refractivity contribution is 7.89. The standard InChI is InChI=1S/C38H59NO2SSi2/c1-8-10-12-14-16-18-24-34-44(6,7)36-26-20-22-32-39(42(40,41)38-29-27-37(3)28-30-38)31-21-19-25-35-43(4,5)33-23-17-15-13-11-9-2/h27-30H,8-18,23-24,31-34H2,1-7H3. The van der Waals surface area contributed by atoms with Gasteiger partial charge in [-0.05, 0) is 54.8 Å². The second kappa shape index (κ2) is 22.3. The second-order valence-electron chi connectivity index (χ2n) is 13.3. The molecule has 3 nitrogen and oxygen atoms in total. The molecule has 1 rings (SSSR count). The summed E-state index contributed by atoms with van der Waals surface area (Å²) in [5.41, 5.74) is 7.86. The Bertz CT molecular complexity index is 1320. The largest absolute Gasteiger partial charge is 0.244 e. The zero-order valence-electron chi connectivity index (χ0n) is 29.0. The van der Waals surface area contributed by atoms with Crippen molar-refractivity contribution in [3.05, 3.63) is 29.8 Å². The molecule has 0 amide bonds. The van der Waals surface area contributed by atoms with Gasteiger partial charge in [0, 0.05) is 0 Å². The van der Waals surface area contributed by atoms with Crippen molar-refractivity contribution in [3.63, 3.8) is 0 Å². The molecule has 0 atom stereocenters. The summed E-state index contributed by atoms with van der Waals surface area (Å²) in [7, 11) is -7.03. The van der Waals surface area contributed by atoms with E-state index in [1.165, 1.54) is 99.9 Å². The topological polar surface area (TPSA) is 37.4 Å². The van der Waals surface area contributed by atoms with Crippen LogP contribution in [-0.2, 0) is 10.0 Å². The SMILES string of the molecule is CCCCCCCCC[Si](C)(C)C#CC#CCN(CC#CC#C[Si](C)(C)CCCCCCCC)S(=O)(=O)c1ccc(C)cc1. The van der Waals surface area contributed by atoms with E-state index in [0.29, 0.717) is 0 Å². The summed E-state index contributed by atoms with van der Waals surface area (Å²) in [4.78, 5) is 0.250. The quantitative estimate of drug-likeness (QED) is 0.0850. The third-order valence-corrected chi connectivity index (χ3v) is 14.5. The molecule has 1 aromatic rings. The minimum atomic E-state index is -3.75. The molecule has 0 spiro atoms. The van der Waals surface area contributed by atoms with Gasteiger partial charge in [-0.3, -0.25) is 0 Å². The molecule has 0 fully saturated rings. The molecule has 0 aliphatic rings. The van der Waals surface area contributed by atoms with Gasteiger partial charge in [-0.25, -0.2) is 8.42 Å². The number of benzene rings is 1. The molecule has 0 aromatic heterocycles. The minimum Gasteiger partial charge on any atom is -0.207 e. The van der Waals surface area contributed by atoms with E-state index >= 15 is 0 Å². The molecular weight excluding hydrogens is 591 g/mol. The van der Waals surface area contributed by atoms with Crippen LogP contribution in [0.4, 0.5) is 0 Å². The number of unbranched alkanes of at least 4 members (excludes halogenated alkanes) is 11. The van der Waals surface area contributed by atoms with Gasteiger partial charge in [0.05, 0.1) is 18.0 Å². The highest BCUT2D eigenvalue weighted by Gasteiger charge is 2.23. The van der Waals surface area contributed by atoms with Crippen molar-refractivity contribution >= 4 is 26.2 Å². The van der Waals surface area contributed by atoms with E-state index in [2.05, 4.69) is 86.6 Å². The second-order valence-corrected chi connectivity index (χ2v) is 24.3. The Hall–Kier alpha value is -2.20. The zero-order valence-corrected chi connectivity index (χ0v) is 31.8. The van der Waals surface area contributed by atoms with Crippen LogP contribution in [0.15, 0.2) is 29.2 Å². The van der Waals surface area contributed by atoms with E-state index in [9.17, 15) is 8.42 Å². The molecular formula is C38H59NO2SSi2. The van der Waals surface area contributed by atoms with Crippen LogP contribution in [0.5, 0.6) is 0 Å². The highest BCUT2D eigenvalue weighted by Crippen LogP contribution is 2.18. The first-order valence-electron chi connectivity index (χ1n) is 17.0.